The Labute approximate surface area is 183 Å². The molecule has 10 heteroatoms. The molecule has 1 aliphatic heterocycles. The highest BCUT2D eigenvalue weighted by atomic mass is 32.2. The SMILES string of the molecule is CN1CCN([C@H](CNS(=O)(=O)c2ccc([N+](=O)[O-])cc2)c2ccc(N(C)C)cc2)CC1. The van der Waals surface area contributed by atoms with E-state index in [9.17, 15) is 18.5 Å². The van der Waals surface area contributed by atoms with Gasteiger partial charge in [-0.15, -0.1) is 0 Å². The van der Waals surface area contributed by atoms with Crippen molar-refractivity contribution >= 4 is 21.4 Å². The van der Waals surface area contributed by atoms with Gasteiger partial charge in [0.1, 0.15) is 0 Å². The quantitative estimate of drug-likeness (QED) is 0.488. The first-order chi connectivity index (χ1) is 14.7. The smallest absolute Gasteiger partial charge is 0.269 e. The van der Waals surface area contributed by atoms with Crippen LogP contribution in [-0.4, -0.2) is 77.0 Å². The van der Waals surface area contributed by atoms with Crippen LogP contribution in [0, 0.1) is 10.1 Å². The maximum atomic E-state index is 12.8. The van der Waals surface area contributed by atoms with E-state index in [1.54, 1.807) is 0 Å². The summed E-state index contributed by atoms with van der Waals surface area (Å²) in [6.45, 7) is 3.73. The zero-order chi connectivity index (χ0) is 22.6. The van der Waals surface area contributed by atoms with Crippen LogP contribution in [0.4, 0.5) is 11.4 Å². The molecule has 0 amide bonds. The first-order valence-corrected chi connectivity index (χ1v) is 11.6. The van der Waals surface area contributed by atoms with Crippen LogP contribution in [-0.2, 0) is 10.0 Å². The summed E-state index contributed by atoms with van der Waals surface area (Å²) < 4.78 is 28.3. The maximum Gasteiger partial charge on any atom is 0.269 e. The van der Waals surface area contributed by atoms with Gasteiger partial charge in [0.25, 0.3) is 5.69 Å². The third-order valence-corrected chi connectivity index (χ3v) is 7.04. The number of piperazine rings is 1. The van der Waals surface area contributed by atoms with Crippen molar-refractivity contribution in [2.75, 3.05) is 58.8 Å². The monoisotopic (exact) mass is 447 g/mol. The van der Waals surface area contributed by atoms with E-state index in [1.807, 2.05) is 43.3 Å². The summed E-state index contributed by atoms with van der Waals surface area (Å²) in [4.78, 5) is 16.9. The Bertz CT molecular complexity index is 985. The highest BCUT2D eigenvalue weighted by molar-refractivity contribution is 7.89. The molecule has 0 saturated carbocycles. The molecular weight excluding hydrogens is 418 g/mol. The lowest BCUT2D eigenvalue weighted by Crippen LogP contribution is -2.48. The number of rotatable bonds is 8. The Morgan fingerprint density at radius 3 is 2.13 bits per heavy atom. The van der Waals surface area contributed by atoms with Crippen LogP contribution in [0.1, 0.15) is 11.6 Å². The zero-order valence-electron chi connectivity index (χ0n) is 18.1. The fourth-order valence-corrected chi connectivity index (χ4v) is 4.64. The molecule has 0 unspecified atom stereocenters. The summed E-state index contributed by atoms with van der Waals surface area (Å²) in [6, 6.07) is 13.0. The van der Waals surface area contributed by atoms with E-state index in [4.69, 9.17) is 0 Å². The predicted molar refractivity (Wildman–Crippen MR) is 121 cm³/mol. The fourth-order valence-electron chi connectivity index (χ4n) is 3.60. The van der Waals surface area contributed by atoms with Crippen LogP contribution in [0.25, 0.3) is 0 Å². The topological polar surface area (TPSA) is 99.0 Å². The molecule has 3 rings (SSSR count). The third-order valence-electron chi connectivity index (χ3n) is 5.60. The molecule has 1 saturated heterocycles. The molecule has 31 heavy (non-hydrogen) atoms. The molecular formula is C21H29N5O4S. The summed E-state index contributed by atoms with van der Waals surface area (Å²) in [5.41, 5.74) is 1.98. The number of hydrogen-bond acceptors (Lipinski definition) is 7. The van der Waals surface area contributed by atoms with Crippen molar-refractivity contribution in [1.29, 1.82) is 0 Å². The zero-order valence-corrected chi connectivity index (χ0v) is 18.9. The van der Waals surface area contributed by atoms with Gasteiger partial charge in [0.2, 0.25) is 10.0 Å². The number of nitro benzene ring substituents is 1. The minimum absolute atomic E-state index is 0.0122. The molecule has 9 nitrogen and oxygen atoms in total. The van der Waals surface area contributed by atoms with Crippen molar-refractivity contribution in [3.05, 3.63) is 64.2 Å². The normalized spacial score (nSPS) is 16.7. The molecule has 0 aliphatic carbocycles. The standard InChI is InChI=1S/C21H29N5O4S/c1-23(2)18-6-4-17(5-7-18)21(25-14-12-24(3)13-15-25)16-22-31(29,30)20-10-8-19(9-11-20)26(27)28/h4-11,21-22H,12-16H2,1-3H3/t21-/m1/s1. The van der Waals surface area contributed by atoms with Crippen molar-refractivity contribution in [2.45, 2.75) is 10.9 Å². The van der Waals surface area contributed by atoms with E-state index in [2.05, 4.69) is 21.6 Å². The van der Waals surface area contributed by atoms with Crippen molar-refractivity contribution in [2.24, 2.45) is 0 Å². The lowest BCUT2D eigenvalue weighted by molar-refractivity contribution is -0.384. The second-order valence-corrected chi connectivity index (χ2v) is 9.71. The number of benzene rings is 2. The highest BCUT2D eigenvalue weighted by Gasteiger charge is 2.26. The molecule has 1 fully saturated rings. The van der Waals surface area contributed by atoms with Gasteiger partial charge in [0.15, 0.2) is 0 Å². The largest absolute Gasteiger partial charge is 0.378 e. The number of nitro groups is 1. The van der Waals surface area contributed by atoms with Gasteiger partial charge in [0, 0.05) is 70.7 Å². The second kappa shape index (κ2) is 9.73. The summed E-state index contributed by atoms with van der Waals surface area (Å²) in [6.07, 6.45) is 0. The van der Waals surface area contributed by atoms with Crippen molar-refractivity contribution < 1.29 is 13.3 Å². The molecule has 2 aromatic carbocycles. The van der Waals surface area contributed by atoms with Crippen LogP contribution in [0.5, 0.6) is 0 Å². The van der Waals surface area contributed by atoms with Gasteiger partial charge in [0.05, 0.1) is 9.82 Å². The molecule has 168 valence electrons. The van der Waals surface area contributed by atoms with Crippen LogP contribution in [0.3, 0.4) is 0 Å². The fraction of sp³-hybridized carbons (Fsp3) is 0.429. The Hall–Kier alpha value is -2.53. The summed E-state index contributed by atoms with van der Waals surface area (Å²) >= 11 is 0. The van der Waals surface area contributed by atoms with E-state index in [1.165, 1.54) is 24.3 Å². The average molecular weight is 448 g/mol. The van der Waals surface area contributed by atoms with Gasteiger partial charge in [-0.25, -0.2) is 13.1 Å². The minimum Gasteiger partial charge on any atom is -0.378 e. The van der Waals surface area contributed by atoms with E-state index in [0.29, 0.717) is 0 Å². The Kier molecular flexibility index (Phi) is 7.26. The molecule has 0 aromatic heterocycles. The summed E-state index contributed by atoms with van der Waals surface area (Å²) in [7, 11) is 2.24. The van der Waals surface area contributed by atoms with Gasteiger partial charge >= 0.3 is 0 Å². The van der Waals surface area contributed by atoms with Crippen LogP contribution >= 0.6 is 0 Å². The highest BCUT2D eigenvalue weighted by Crippen LogP contribution is 2.25. The number of anilines is 1. The first-order valence-electron chi connectivity index (χ1n) is 10.1. The molecule has 0 radical (unpaired) electrons. The van der Waals surface area contributed by atoms with E-state index in [0.717, 1.165) is 37.4 Å². The lowest BCUT2D eigenvalue weighted by atomic mass is 10.0. The van der Waals surface area contributed by atoms with Gasteiger partial charge in [-0.05, 0) is 36.9 Å². The summed E-state index contributed by atoms with van der Waals surface area (Å²) in [5, 5.41) is 10.8. The van der Waals surface area contributed by atoms with Crippen molar-refractivity contribution in [3.63, 3.8) is 0 Å². The molecule has 1 N–H and O–H groups in total. The number of likely N-dealkylation sites (N-methyl/N-ethyl adjacent to an activating group) is 1. The Balaban J connectivity index is 1.79. The van der Waals surface area contributed by atoms with Crippen LogP contribution in [0.2, 0.25) is 0 Å². The van der Waals surface area contributed by atoms with Crippen LogP contribution < -0.4 is 9.62 Å². The second-order valence-electron chi connectivity index (χ2n) is 7.94. The van der Waals surface area contributed by atoms with Gasteiger partial charge in [-0.2, -0.15) is 0 Å². The molecule has 2 aromatic rings. The number of nitrogens with zero attached hydrogens (tertiary/aromatic N) is 4. The number of hydrogen-bond donors (Lipinski definition) is 1. The average Bonchev–Trinajstić information content (AvgIpc) is 2.75. The predicted octanol–water partition coefficient (Wildman–Crippen LogP) is 1.93. The van der Waals surface area contributed by atoms with Gasteiger partial charge in [-0.3, -0.25) is 15.0 Å². The first kappa shape index (κ1) is 23.1. The number of sulfonamides is 1. The Morgan fingerprint density at radius 2 is 1.61 bits per heavy atom. The maximum absolute atomic E-state index is 12.8. The van der Waals surface area contributed by atoms with Crippen molar-refractivity contribution in [3.8, 4) is 0 Å². The lowest BCUT2D eigenvalue weighted by Gasteiger charge is -2.38. The van der Waals surface area contributed by atoms with Crippen LogP contribution in [0.15, 0.2) is 53.4 Å². The Morgan fingerprint density at radius 1 is 1.03 bits per heavy atom. The molecule has 1 heterocycles. The third kappa shape index (κ3) is 5.79. The number of non-ortho nitro benzene ring substituents is 1. The molecule has 0 spiro atoms. The summed E-state index contributed by atoms with van der Waals surface area (Å²) in [5.74, 6) is 0. The van der Waals surface area contributed by atoms with Gasteiger partial charge < -0.3 is 9.80 Å². The molecule has 1 aliphatic rings. The van der Waals surface area contributed by atoms with Crippen molar-refractivity contribution in [1.82, 2.24) is 14.5 Å². The van der Waals surface area contributed by atoms with E-state index < -0.39 is 14.9 Å². The molecule has 0 bridgehead atoms. The minimum atomic E-state index is -3.79. The van der Waals surface area contributed by atoms with E-state index in [-0.39, 0.29) is 23.2 Å². The number of nitrogens with one attached hydrogen (secondary N) is 1. The van der Waals surface area contributed by atoms with E-state index >= 15 is 0 Å². The van der Waals surface area contributed by atoms with Gasteiger partial charge in [-0.1, -0.05) is 12.1 Å². The molecule has 1 atom stereocenters.